The minimum absolute atomic E-state index is 0.243. The molecule has 1 aromatic carbocycles. The first-order valence-electron chi connectivity index (χ1n) is 5.08. The number of carbonyl (C=O) groups is 2. The molecule has 2 N–H and O–H groups in total. The van der Waals surface area contributed by atoms with Crippen molar-refractivity contribution in [3.05, 3.63) is 28.8 Å². The van der Waals surface area contributed by atoms with E-state index in [-0.39, 0.29) is 10.7 Å². The van der Waals surface area contributed by atoms with Crippen molar-refractivity contribution in [3.8, 4) is 6.07 Å². The molecule has 5 nitrogen and oxygen atoms in total. The molecule has 0 atom stereocenters. The highest BCUT2D eigenvalue weighted by Gasteiger charge is 2.31. The molecule has 106 valence electrons. The van der Waals surface area contributed by atoms with Crippen LogP contribution < -0.4 is 10.6 Å². The summed E-state index contributed by atoms with van der Waals surface area (Å²) in [5.41, 5.74) is -1.33. The number of rotatable bonds is 2. The van der Waals surface area contributed by atoms with Gasteiger partial charge in [0.15, 0.2) is 0 Å². The van der Waals surface area contributed by atoms with Gasteiger partial charge in [0.2, 0.25) is 0 Å². The lowest BCUT2D eigenvalue weighted by Gasteiger charge is -2.10. The fraction of sp³-hybridized carbons (Fsp3) is 0.182. The van der Waals surface area contributed by atoms with Crippen molar-refractivity contribution in [1.82, 2.24) is 5.32 Å². The second kappa shape index (κ2) is 6.25. The molecule has 9 heteroatoms. The minimum Gasteiger partial charge on any atom is -0.335 e. The van der Waals surface area contributed by atoms with Gasteiger partial charge >= 0.3 is 18.0 Å². The number of halogens is 4. The number of nitriles is 1. The quantitative estimate of drug-likeness (QED) is 0.647. The van der Waals surface area contributed by atoms with Crippen molar-refractivity contribution in [2.45, 2.75) is 6.18 Å². The van der Waals surface area contributed by atoms with E-state index in [1.54, 1.807) is 6.07 Å². The maximum absolute atomic E-state index is 12.5. The second-order valence-electron chi connectivity index (χ2n) is 3.52. The third-order valence-corrected chi connectivity index (χ3v) is 2.24. The standard InChI is InChI=1S/C11H7ClF3N3O2/c12-7-3-6(11(13,14)15)4-8(5-7)18-10(20)9(19)17-2-1-16/h3-5H,2H2,(H,17,19)(H,18,20). The van der Waals surface area contributed by atoms with Gasteiger partial charge in [0, 0.05) is 10.7 Å². The van der Waals surface area contributed by atoms with Gasteiger partial charge in [-0.1, -0.05) is 11.6 Å². The smallest absolute Gasteiger partial charge is 0.335 e. The van der Waals surface area contributed by atoms with Crippen LogP contribution in [0.3, 0.4) is 0 Å². The zero-order valence-electron chi connectivity index (χ0n) is 9.71. The molecule has 0 bridgehead atoms. The lowest BCUT2D eigenvalue weighted by Crippen LogP contribution is -2.35. The Morgan fingerprint density at radius 3 is 2.45 bits per heavy atom. The third kappa shape index (κ3) is 4.44. The van der Waals surface area contributed by atoms with Gasteiger partial charge in [0.05, 0.1) is 11.6 Å². The molecule has 0 aliphatic carbocycles. The lowest BCUT2D eigenvalue weighted by molar-refractivity contribution is -0.137. The van der Waals surface area contributed by atoms with E-state index in [1.165, 1.54) is 0 Å². The summed E-state index contributed by atoms with van der Waals surface area (Å²) in [6.07, 6.45) is -4.63. The summed E-state index contributed by atoms with van der Waals surface area (Å²) in [6.45, 7) is -0.393. The van der Waals surface area contributed by atoms with Crippen molar-refractivity contribution < 1.29 is 22.8 Å². The van der Waals surface area contributed by atoms with Crippen LogP contribution in [0.5, 0.6) is 0 Å². The van der Waals surface area contributed by atoms with Crippen LogP contribution in [0.25, 0.3) is 0 Å². The molecular weight excluding hydrogens is 299 g/mol. The second-order valence-corrected chi connectivity index (χ2v) is 3.96. The van der Waals surface area contributed by atoms with Gasteiger partial charge < -0.3 is 10.6 Å². The Morgan fingerprint density at radius 2 is 1.90 bits per heavy atom. The molecule has 0 fully saturated rings. The highest BCUT2D eigenvalue weighted by Crippen LogP contribution is 2.33. The van der Waals surface area contributed by atoms with Crippen LogP contribution in [0.1, 0.15) is 5.56 Å². The van der Waals surface area contributed by atoms with Crippen molar-refractivity contribution in [2.75, 3.05) is 11.9 Å². The molecule has 0 unspecified atom stereocenters. The molecule has 0 aromatic heterocycles. The van der Waals surface area contributed by atoms with Crippen LogP contribution in [-0.4, -0.2) is 18.4 Å². The summed E-state index contributed by atoms with van der Waals surface area (Å²) < 4.78 is 37.6. The first-order valence-corrected chi connectivity index (χ1v) is 5.45. The van der Waals surface area contributed by atoms with Crippen molar-refractivity contribution in [3.63, 3.8) is 0 Å². The van der Waals surface area contributed by atoms with E-state index in [1.807, 2.05) is 10.6 Å². The first kappa shape index (κ1) is 15.8. The predicted molar refractivity (Wildman–Crippen MR) is 63.7 cm³/mol. The maximum atomic E-state index is 12.5. The lowest BCUT2D eigenvalue weighted by atomic mass is 10.2. The molecule has 0 heterocycles. The van der Waals surface area contributed by atoms with Gasteiger partial charge in [-0.05, 0) is 18.2 Å². The molecule has 0 saturated heterocycles. The minimum atomic E-state index is -4.63. The van der Waals surface area contributed by atoms with Crippen LogP contribution in [0, 0.1) is 11.3 Å². The van der Waals surface area contributed by atoms with E-state index >= 15 is 0 Å². The van der Waals surface area contributed by atoms with E-state index in [4.69, 9.17) is 16.9 Å². The molecule has 0 aliphatic rings. The summed E-state index contributed by atoms with van der Waals surface area (Å²) in [4.78, 5) is 22.5. The SMILES string of the molecule is N#CCNC(=O)C(=O)Nc1cc(Cl)cc(C(F)(F)F)c1. The number of alkyl halides is 3. The third-order valence-electron chi connectivity index (χ3n) is 2.02. The monoisotopic (exact) mass is 305 g/mol. The number of anilines is 1. The summed E-state index contributed by atoms with van der Waals surface area (Å²) in [5, 5.41) is 11.9. The van der Waals surface area contributed by atoms with Gasteiger partial charge in [0.1, 0.15) is 6.54 Å². The van der Waals surface area contributed by atoms with E-state index in [2.05, 4.69) is 0 Å². The first-order chi connectivity index (χ1) is 9.24. The van der Waals surface area contributed by atoms with Gasteiger partial charge in [-0.2, -0.15) is 18.4 Å². The molecular formula is C11H7ClF3N3O2. The predicted octanol–water partition coefficient (Wildman–Crippen LogP) is 1.94. The van der Waals surface area contributed by atoms with Gasteiger partial charge in [-0.25, -0.2) is 0 Å². The summed E-state index contributed by atoms with van der Waals surface area (Å²) in [7, 11) is 0. The van der Waals surface area contributed by atoms with Crippen molar-refractivity contribution >= 4 is 29.1 Å². The number of benzene rings is 1. The molecule has 0 aliphatic heterocycles. The number of carbonyl (C=O) groups excluding carboxylic acids is 2. The maximum Gasteiger partial charge on any atom is 0.416 e. The van der Waals surface area contributed by atoms with E-state index in [0.717, 1.165) is 6.07 Å². The number of hydrogen-bond donors (Lipinski definition) is 2. The molecule has 0 spiro atoms. The Bertz CT molecular complexity index is 581. The number of hydrogen-bond acceptors (Lipinski definition) is 3. The number of nitrogens with one attached hydrogen (secondary N) is 2. The van der Waals surface area contributed by atoms with Crippen LogP contribution in [0.2, 0.25) is 5.02 Å². The molecule has 20 heavy (non-hydrogen) atoms. The Morgan fingerprint density at radius 1 is 1.25 bits per heavy atom. The fourth-order valence-corrected chi connectivity index (χ4v) is 1.45. The summed E-state index contributed by atoms with van der Waals surface area (Å²) in [5.74, 6) is -2.34. The topological polar surface area (TPSA) is 82.0 Å². The molecule has 1 aromatic rings. The Labute approximate surface area is 116 Å². The average Bonchev–Trinajstić information content (AvgIpc) is 2.34. The molecule has 2 amide bonds. The van der Waals surface area contributed by atoms with Crippen LogP contribution >= 0.6 is 11.6 Å². The van der Waals surface area contributed by atoms with Gasteiger partial charge in [-0.3, -0.25) is 9.59 Å². The number of amides is 2. The van der Waals surface area contributed by atoms with Crippen molar-refractivity contribution in [2.24, 2.45) is 0 Å². The van der Waals surface area contributed by atoms with E-state index < -0.39 is 30.1 Å². The largest absolute Gasteiger partial charge is 0.416 e. The Balaban J connectivity index is 2.88. The normalized spacial score (nSPS) is 10.6. The zero-order valence-corrected chi connectivity index (χ0v) is 10.5. The number of nitrogens with zero attached hydrogens (tertiary/aromatic N) is 1. The summed E-state index contributed by atoms with van der Waals surface area (Å²) >= 11 is 5.51. The van der Waals surface area contributed by atoms with Crippen LogP contribution in [0.15, 0.2) is 18.2 Å². The Hall–Kier alpha value is -2.27. The molecule has 0 saturated carbocycles. The molecule has 0 radical (unpaired) electrons. The zero-order chi connectivity index (χ0) is 15.3. The van der Waals surface area contributed by atoms with Gasteiger partial charge in [-0.15, -0.1) is 0 Å². The van der Waals surface area contributed by atoms with Gasteiger partial charge in [0.25, 0.3) is 0 Å². The average molecular weight is 306 g/mol. The Kier molecular flexibility index (Phi) is 4.94. The highest BCUT2D eigenvalue weighted by atomic mass is 35.5. The van der Waals surface area contributed by atoms with Crippen molar-refractivity contribution in [1.29, 1.82) is 5.26 Å². The van der Waals surface area contributed by atoms with E-state index in [0.29, 0.717) is 12.1 Å². The fourth-order valence-electron chi connectivity index (χ4n) is 1.21. The van der Waals surface area contributed by atoms with Crippen LogP contribution in [-0.2, 0) is 15.8 Å². The molecule has 1 rings (SSSR count). The summed E-state index contributed by atoms with van der Waals surface area (Å²) in [6, 6.07) is 3.96. The highest BCUT2D eigenvalue weighted by molar-refractivity contribution is 6.39. The van der Waals surface area contributed by atoms with E-state index in [9.17, 15) is 22.8 Å². The van der Waals surface area contributed by atoms with Crippen LogP contribution in [0.4, 0.5) is 18.9 Å².